The van der Waals surface area contributed by atoms with Gasteiger partial charge in [-0.3, -0.25) is 4.79 Å². The number of nitrogens with zero attached hydrogens (tertiary/aromatic N) is 3. The minimum Gasteiger partial charge on any atom is -0.493 e. The van der Waals surface area contributed by atoms with E-state index >= 15 is 0 Å². The largest absolute Gasteiger partial charge is 0.493 e. The Hall–Kier alpha value is -4.42. The Morgan fingerprint density at radius 2 is 1.89 bits per heavy atom. The van der Waals surface area contributed by atoms with Gasteiger partial charge in [-0.15, -0.1) is 0 Å². The van der Waals surface area contributed by atoms with Crippen molar-refractivity contribution in [3.05, 3.63) is 82.5 Å². The molecule has 0 aliphatic rings. The molecule has 0 spiro atoms. The Morgan fingerprint density at radius 3 is 2.60 bits per heavy atom. The maximum Gasteiger partial charge on any atom is 0.278 e. The number of pyridine rings is 1. The summed E-state index contributed by atoms with van der Waals surface area (Å²) in [6, 6.07) is 18.9. The van der Waals surface area contributed by atoms with Crippen LogP contribution in [0.1, 0.15) is 27.9 Å². The predicted octanol–water partition coefficient (Wildman–Crippen LogP) is 3.52. The molecule has 0 unspecified atom stereocenters. The lowest BCUT2D eigenvalue weighted by molar-refractivity contribution is -0.123. The summed E-state index contributed by atoms with van der Waals surface area (Å²) < 4.78 is 21.8. The van der Waals surface area contributed by atoms with Gasteiger partial charge in [-0.05, 0) is 42.3 Å². The molecule has 180 valence electrons. The van der Waals surface area contributed by atoms with Gasteiger partial charge in [0.2, 0.25) is 5.88 Å². The van der Waals surface area contributed by atoms with E-state index in [0.717, 1.165) is 5.56 Å². The third-order valence-electron chi connectivity index (χ3n) is 4.78. The number of benzene rings is 2. The first-order valence-electron chi connectivity index (χ1n) is 10.7. The number of ether oxygens (including phenoxy) is 4. The summed E-state index contributed by atoms with van der Waals surface area (Å²) >= 11 is 0. The van der Waals surface area contributed by atoms with Gasteiger partial charge in [0.25, 0.3) is 5.91 Å². The van der Waals surface area contributed by atoms with E-state index < -0.39 is 5.91 Å². The number of carbonyl (C=O) groups excluding carboxylic acids is 1. The monoisotopic (exact) mass is 474 g/mol. The number of nitrogens with one attached hydrogen (secondary N) is 1. The zero-order valence-electron chi connectivity index (χ0n) is 19.8. The predicted molar refractivity (Wildman–Crippen MR) is 129 cm³/mol. The van der Waals surface area contributed by atoms with Crippen LogP contribution in [-0.2, 0) is 22.7 Å². The molecule has 0 bridgehead atoms. The van der Waals surface area contributed by atoms with Crippen LogP contribution < -0.4 is 19.6 Å². The highest BCUT2D eigenvalue weighted by atomic mass is 16.5. The van der Waals surface area contributed by atoms with E-state index in [9.17, 15) is 10.1 Å². The van der Waals surface area contributed by atoms with Crippen LogP contribution >= 0.6 is 0 Å². The molecule has 0 fully saturated rings. The molecule has 9 nitrogen and oxygen atoms in total. The van der Waals surface area contributed by atoms with Crippen molar-refractivity contribution in [2.24, 2.45) is 5.10 Å². The Balaban J connectivity index is 1.59. The molecule has 3 aromatic rings. The number of aromatic nitrogens is 1. The maximum absolute atomic E-state index is 12.2. The second-order valence-corrected chi connectivity index (χ2v) is 7.41. The summed E-state index contributed by atoms with van der Waals surface area (Å²) in [7, 11) is 3.10. The summed E-state index contributed by atoms with van der Waals surface area (Å²) in [6.45, 7) is 2.03. The first-order chi connectivity index (χ1) is 17.0. The first-order valence-corrected chi connectivity index (χ1v) is 10.7. The molecule has 0 atom stereocenters. The van der Waals surface area contributed by atoms with Gasteiger partial charge in [-0.2, -0.15) is 10.4 Å². The van der Waals surface area contributed by atoms with Crippen molar-refractivity contribution in [1.29, 1.82) is 5.26 Å². The fourth-order valence-electron chi connectivity index (χ4n) is 3.17. The van der Waals surface area contributed by atoms with E-state index in [-0.39, 0.29) is 24.7 Å². The molecule has 1 amide bonds. The second-order valence-electron chi connectivity index (χ2n) is 7.41. The summed E-state index contributed by atoms with van der Waals surface area (Å²) in [5, 5.41) is 13.4. The minimum absolute atomic E-state index is 0.0778. The third kappa shape index (κ3) is 7.28. The SMILES string of the molecule is COCc1cc(C)nc(OCC(=O)N/N=C\c2ccc(OC)c(OCc3ccccc3)c2)c1C#N. The number of methoxy groups -OCH3 is 2. The molecule has 1 aromatic heterocycles. The maximum atomic E-state index is 12.2. The average Bonchev–Trinajstić information content (AvgIpc) is 2.87. The number of nitriles is 1. The van der Waals surface area contributed by atoms with Gasteiger partial charge in [0.15, 0.2) is 18.1 Å². The van der Waals surface area contributed by atoms with Crippen molar-refractivity contribution >= 4 is 12.1 Å². The van der Waals surface area contributed by atoms with Crippen molar-refractivity contribution in [3.8, 4) is 23.4 Å². The smallest absolute Gasteiger partial charge is 0.278 e. The van der Waals surface area contributed by atoms with Gasteiger partial charge in [0, 0.05) is 18.4 Å². The molecule has 3 rings (SSSR count). The van der Waals surface area contributed by atoms with Gasteiger partial charge in [0.1, 0.15) is 18.2 Å². The van der Waals surface area contributed by atoms with Gasteiger partial charge in [-0.25, -0.2) is 10.4 Å². The van der Waals surface area contributed by atoms with Gasteiger partial charge >= 0.3 is 0 Å². The van der Waals surface area contributed by atoms with Crippen LogP contribution in [0, 0.1) is 18.3 Å². The molecular formula is C26H26N4O5. The van der Waals surface area contributed by atoms with Crippen LogP contribution in [-0.4, -0.2) is 37.9 Å². The number of rotatable bonds is 11. The van der Waals surface area contributed by atoms with Crippen molar-refractivity contribution in [2.45, 2.75) is 20.1 Å². The lowest BCUT2D eigenvalue weighted by Crippen LogP contribution is -2.25. The highest BCUT2D eigenvalue weighted by Crippen LogP contribution is 2.28. The lowest BCUT2D eigenvalue weighted by atomic mass is 10.1. The van der Waals surface area contributed by atoms with Crippen LogP contribution in [0.15, 0.2) is 59.7 Å². The molecule has 0 saturated heterocycles. The molecule has 0 saturated carbocycles. The number of hydrogen-bond donors (Lipinski definition) is 1. The zero-order valence-corrected chi connectivity index (χ0v) is 19.8. The lowest BCUT2D eigenvalue weighted by Gasteiger charge is -2.11. The van der Waals surface area contributed by atoms with Gasteiger partial charge in [0.05, 0.1) is 19.9 Å². The van der Waals surface area contributed by atoms with E-state index in [1.165, 1.54) is 13.3 Å². The molecule has 0 aliphatic carbocycles. The first kappa shape index (κ1) is 25.2. The number of aryl methyl sites for hydroxylation is 1. The fourth-order valence-corrected chi connectivity index (χ4v) is 3.17. The Bertz CT molecular complexity index is 1220. The Labute approximate surface area is 203 Å². The van der Waals surface area contributed by atoms with E-state index in [2.05, 4.69) is 15.5 Å². The number of hydrazone groups is 1. The molecule has 35 heavy (non-hydrogen) atoms. The molecule has 0 radical (unpaired) electrons. The highest BCUT2D eigenvalue weighted by molar-refractivity contribution is 5.83. The summed E-state index contributed by atoms with van der Waals surface area (Å²) in [5.41, 5.74) is 5.64. The Kier molecular flexibility index (Phi) is 9.16. The molecule has 1 heterocycles. The topological polar surface area (TPSA) is 115 Å². The van der Waals surface area contributed by atoms with Gasteiger partial charge in [-0.1, -0.05) is 30.3 Å². The fraction of sp³-hybridized carbons (Fsp3) is 0.231. The van der Waals surface area contributed by atoms with Crippen molar-refractivity contribution < 1.29 is 23.7 Å². The highest BCUT2D eigenvalue weighted by Gasteiger charge is 2.14. The van der Waals surface area contributed by atoms with Crippen LogP contribution in [0.3, 0.4) is 0 Å². The third-order valence-corrected chi connectivity index (χ3v) is 4.78. The van der Waals surface area contributed by atoms with Crippen molar-refractivity contribution in [2.75, 3.05) is 20.8 Å². The van der Waals surface area contributed by atoms with Crippen LogP contribution in [0.2, 0.25) is 0 Å². The zero-order chi connectivity index (χ0) is 25.0. The summed E-state index contributed by atoms with van der Waals surface area (Å²) in [6.07, 6.45) is 1.48. The standard InChI is InChI=1S/C26H26N4O5/c1-18-11-21(16-32-2)22(13-27)26(29-18)35-17-25(31)30-28-14-20-9-10-23(33-3)24(12-20)34-15-19-7-5-4-6-8-19/h4-12,14H,15-17H2,1-3H3,(H,30,31)/b28-14-. The molecule has 2 aromatic carbocycles. The number of carbonyl (C=O) groups is 1. The van der Waals surface area contributed by atoms with Crippen LogP contribution in [0.25, 0.3) is 0 Å². The normalized spacial score (nSPS) is 10.6. The van der Waals surface area contributed by atoms with Crippen molar-refractivity contribution in [1.82, 2.24) is 10.4 Å². The van der Waals surface area contributed by atoms with E-state index in [1.807, 2.05) is 36.4 Å². The molecule has 9 heteroatoms. The number of amides is 1. The summed E-state index contributed by atoms with van der Waals surface area (Å²) in [4.78, 5) is 16.4. The van der Waals surface area contributed by atoms with E-state index in [4.69, 9.17) is 18.9 Å². The second kappa shape index (κ2) is 12.7. The number of hydrogen-bond acceptors (Lipinski definition) is 8. The quantitative estimate of drug-likeness (QED) is 0.334. The Morgan fingerprint density at radius 1 is 1.09 bits per heavy atom. The van der Waals surface area contributed by atoms with Crippen LogP contribution in [0.4, 0.5) is 0 Å². The molecule has 1 N–H and O–H groups in total. The van der Waals surface area contributed by atoms with Crippen molar-refractivity contribution in [3.63, 3.8) is 0 Å². The van der Waals surface area contributed by atoms with E-state index in [1.54, 1.807) is 38.3 Å². The average molecular weight is 475 g/mol. The molecule has 0 aliphatic heterocycles. The minimum atomic E-state index is -0.504. The van der Waals surface area contributed by atoms with Crippen LogP contribution in [0.5, 0.6) is 17.4 Å². The van der Waals surface area contributed by atoms with Gasteiger partial charge < -0.3 is 18.9 Å². The summed E-state index contributed by atoms with van der Waals surface area (Å²) in [5.74, 6) is 0.712. The van der Waals surface area contributed by atoms with E-state index in [0.29, 0.717) is 34.9 Å². The molecular weight excluding hydrogens is 448 g/mol.